The number of benzene rings is 3. The van der Waals surface area contributed by atoms with Crippen LogP contribution in [0.2, 0.25) is 0 Å². The molecule has 196 valence electrons. The van der Waals surface area contributed by atoms with E-state index in [9.17, 15) is 9.59 Å². The average Bonchev–Trinajstić information content (AvgIpc) is 3.26. The van der Waals surface area contributed by atoms with Crippen molar-refractivity contribution in [2.45, 2.75) is 12.3 Å². The minimum atomic E-state index is -0.529. The van der Waals surface area contributed by atoms with Gasteiger partial charge in [-0.15, -0.1) is 0 Å². The van der Waals surface area contributed by atoms with Gasteiger partial charge in [-0.1, -0.05) is 6.07 Å². The highest BCUT2D eigenvalue weighted by Gasteiger charge is 2.40. The zero-order valence-corrected chi connectivity index (χ0v) is 21.6. The van der Waals surface area contributed by atoms with Crippen LogP contribution in [0.5, 0.6) is 40.2 Å². The van der Waals surface area contributed by atoms with Crippen LogP contribution < -0.4 is 33.2 Å². The maximum Gasteiger partial charge on any atom is 0.312 e. The third kappa shape index (κ3) is 4.06. The van der Waals surface area contributed by atoms with Gasteiger partial charge in [0, 0.05) is 28.7 Å². The Morgan fingerprint density at radius 2 is 1.55 bits per heavy atom. The third-order valence-electron chi connectivity index (χ3n) is 6.62. The summed E-state index contributed by atoms with van der Waals surface area (Å²) in [7, 11) is 7.66. The van der Waals surface area contributed by atoms with E-state index in [0.717, 1.165) is 0 Å². The summed E-state index contributed by atoms with van der Waals surface area (Å²) >= 11 is 0. The van der Waals surface area contributed by atoms with E-state index in [-0.39, 0.29) is 18.0 Å². The molecule has 9 heteroatoms. The van der Waals surface area contributed by atoms with E-state index in [2.05, 4.69) is 0 Å². The van der Waals surface area contributed by atoms with Crippen molar-refractivity contribution < 1.29 is 42.7 Å². The molecule has 2 aliphatic heterocycles. The first-order valence-corrected chi connectivity index (χ1v) is 11.8. The lowest BCUT2D eigenvalue weighted by Gasteiger charge is -2.28. The minimum absolute atomic E-state index is 0.0121. The Kier molecular flexibility index (Phi) is 6.59. The molecule has 3 aromatic carbocycles. The largest absolute Gasteiger partial charge is 0.497 e. The fraction of sp³-hybridized carbons (Fsp3) is 0.241. The topological polar surface area (TPSA) is 98.8 Å². The summed E-state index contributed by atoms with van der Waals surface area (Å²) in [4.78, 5) is 26.0. The fourth-order valence-electron chi connectivity index (χ4n) is 4.85. The van der Waals surface area contributed by atoms with Crippen LogP contribution in [0, 0.1) is 0 Å². The number of Topliss-reactive ketones (excluding diaryl/α,β-unsaturated/α-hetero) is 1. The number of hydrogen-bond donors (Lipinski definition) is 0. The number of methoxy groups -OCH3 is 5. The zero-order chi connectivity index (χ0) is 27.0. The van der Waals surface area contributed by atoms with Gasteiger partial charge in [-0.25, -0.2) is 0 Å². The Morgan fingerprint density at radius 1 is 0.789 bits per heavy atom. The molecular weight excluding hydrogens is 492 g/mol. The number of allylic oxidation sites excluding steroid dienone is 1. The van der Waals surface area contributed by atoms with Gasteiger partial charge in [-0.3, -0.25) is 9.59 Å². The molecule has 2 heterocycles. The summed E-state index contributed by atoms with van der Waals surface area (Å²) in [6.45, 7) is 0. The summed E-state index contributed by atoms with van der Waals surface area (Å²) < 4.78 is 39.1. The Balaban J connectivity index is 1.64. The van der Waals surface area contributed by atoms with E-state index < -0.39 is 11.9 Å². The van der Waals surface area contributed by atoms with Gasteiger partial charge in [0.2, 0.25) is 11.5 Å². The van der Waals surface area contributed by atoms with Crippen molar-refractivity contribution in [1.82, 2.24) is 0 Å². The lowest BCUT2D eigenvalue weighted by atomic mass is 9.84. The first-order chi connectivity index (χ1) is 18.4. The Bertz CT molecular complexity index is 1470. The van der Waals surface area contributed by atoms with E-state index in [1.807, 2.05) is 6.07 Å². The van der Waals surface area contributed by atoms with E-state index in [4.69, 9.17) is 33.2 Å². The number of ether oxygens (including phenoxy) is 7. The first kappa shape index (κ1) is 25.0. The predicted molar refractivity (Wildman–Crippen MR) is 137 cm³/mol. The molecule has 5 rings (SSSR count). The number of esters is 1. The SMILES string of the molecule is COc1ccc(/C=C2\Oc3c(ccc4c3[C@H](c3ccc(OC)c(OC)c3OC)CC(=O)O4)C2=O)c(OC)c1. The molecule has 0 unspecified atom stereocenters. The van der Waals surface area contributed by atoms with Crippen molar-refractivity contribution in [1.29, 1.82) is 0 Å². The van der Waals surface area contributed by atoms with Gasteiger partial charge >= 0.3 is 5.97 Å². The molecule has 3 aromatic rings. The molecule has 0 bridgehead atoms. The van der Waals surface area contributed by atoms with Gasteiger partial charge in [0.05, 0.1) is 47.5 Å². The maximum atomic E-state index is 13.4. The molecule has 0 saturated heterocycles. The second-order valence-electron chi connectivity index (χ2n) is 8.56. The van der Waals surface area contributed by atoms with E-state index in [0.29, 0.717) is 62.5 Å². The maximum absolute atomic E-state index is 13.4. The van der Waals surface area contributed by atoms with Gasteiger partial charge in [0.15, 0.2) is 17.3 Å². The minimum Gasteiger partial charge on any atom is -0.497 e. The summed E-state index contributed by atoms with van der Waals surface area (Å²) in [6, 6.07) is 12.0. The van der Waals surface area contributed by atoms with E-state index in [1.54, 1.807) is 49.6 Å². The number of rotatable bonds is 7. The number of fused-ring (bicyclic) bond motifs is 3. The molecule has 0 radical (unpaired) electrons. The second-order valence-corrected chi connectivity index (χ2v) is 8.56. The summed E-state index contributed by atoms with van der Waals surface area (Å²) in [5, 5.41) is 0. The van der Waals surface area contributed by atoms with Crippen LogP contribution >= 0.6 is 0 Å². The Hall–Kier alpha value is -4.66. The molecule has 0 saturated carbocycles. The highest BCUT2D eigenvalue weighted by Crippen LogP contribution is 2.53. The lowest BCUT2D eigenvalue weighted by molar-refractivity contribution is -0.135. The second kappa shape index (κ2) is 10.0. The van der Waals surface area contributed by atoms with Crippen molar-refractivity contribution >= 4 is 17.8 Å². The molecule has 0 aliphatic carbocycles. The van der Waals surface area contributed by atoms with Crippen LogP contribution in [0.3, 0.4) is 0 Å². The van der Waals surface area contributed by atoms with Gasteiger partial charge in [-0.05, 0) is 36.4 Å². The molecule has 9 nitrogen and oxygen atoms in total. The Morgan fingerprint density at radius 3 is 2.24 bits per heavy atom. The van der Waals surface area contributed by atoms with Crippen molar-refractivity contribution in [3.05, 3.63) is 70.5 Å². The molecule has 1 atom stereocenters. The summed E-state index contributed by atoms with van der Waals surface area (Å²) in [5.74, 6) is 1.96. The van der Waals surface area contributed by atoms with Gasteiger partial charge in [0.25, 0.3) is 0 Å². The molecule has 0 spiro atoms. The van der Waals surface area contributed by atoms with Crippen LogP contribution in [0.4, 0.5) is 0 Å². The van der Waals surface area contributed by atoms with Gasteiger partial charge in [-0.2, -0.15) is 0 Å². The molecular formula is C29H26O9. The highest BCUT2D eigenvalue weighted by molar-refractivity contribution is 6.15. The average molecular weight is 519 g/mol. The number of carbonyl (C=O) groups is 2. The highest BCUT2D eigenvalue weighted by atomic mass is 16.5. The third-order valence-corrected chi connectivity index (χ3v) is 6.62. The molecule has 2 aliphatic rings. The van der Waals surface area contributed by atoms with Crippen LogP contribution in [0.25, 0.3) is 6.08 Å². The standard InChI is InChI=1S/C29H26O9/c1-32-16-7-6-15(22(13-16)34-3)12-23-26(31)18-9-10-20-25(27(18)38-23)19(14-24(30)37-20)17-8-11-21(33-2)29(36-5)28(17)35-4/h6-13,19H,14H2,1-5H3/b23-12-/t19-/m0/s1. The van der Waals surface area contributed by atoms with Crippen LogP contribution in [0.15, 0.2) is 48.2 Å². The predicted octanol–water partition coefficient (Wildman–Crippen LogP) is 4.79. The van der Waals surface area contributed by atoms with Crippen molar-refractivity contribution in [2.24, 2.45) is 0 Å². The molecule has 38 heavy (non-hydrogen) atoms. The number of ketones is 1. The molecule has 0 N–H and O–H groups in total. The van der Waals surface area contributed by atoms with Crippen LogP contribution in [-0.4, -0.2) is 47.3 Å². The molecule has 0 fully saturated rings. The molecule has 0 amide bonds. The summed E-state index contributed by atoms with van der Waals surface area (Å²) in [6.07, 6.45) is 1.63. The van der Waals surface area contributed by atoms with E-state index in [1.165, 1.54) is 28.4 Å². The van der Waals surface area contributed by atoms with Crippen LogP contribution in [0.1, 0.15) is 39.4 Å². The lowest BCUT2D eigenvalue weighted by Crippen LogP contribution is -2.22. The van der Waals surface area contributed by atoms with Crippen molar-refractivity contribution in [3.8, 4) is 40.2 Å². The fourth-order valence-corrected chi connectivity index (χ4v) is 4.85. The smallest absolute Gasteiger partial charge is 0.312 e. The monoisotopic (exact) mass is 518 g/mol. The van der Waals surface area contributed by atoms with E-state index >= 15 is 0 Å². The molecule has 0 aromatic heterocycles. The van der Waals surface area contributed by atoms with Gasteiger partial charge in [0.1, 0.15) is 23.0 Å². The summed E-state index contributed by atoms with van der Waals surface area (Å²) in [5.41, 5.74) is 2.25. The van der Waals surface area contributed by atoms with Crippen LogP contribution in [-0.2, 0) is 4.79 Å². The van der Waals surface area contributed by atoms with Gasteiger partial charge < -0.3 is 33.2 Å². The quantitative estimate of drug-likeness (QED) is 0.248. The number of carbonyl (C=O) groups excluding carboxylic acids is 2. The van der Waals surface area contributed by atoms with Crippen molar-refractivity contribution in [3.63, 3.8) is 0 Å². The Labute approximate surface area is 219 Å². The first-order valence-electron chi connectivity index (χ1n) is 11.8. The zero-order valence-electron chi connectivity index (χ0n) is 21.6. The number of hydrogen-bond acceptors (Lipinski definition) is 9. The normalized spacial score (nSPS) is 16.8. The van der Waals surface area contributed by atoms with Crippen molar-refractivity contribution in [2.75, 3.05) is 35.5 Å².